The van der Waals surface area contributed by atoms with E-state index in [2.05, 4.69) is 35.4 Å². The van der Waals surface area contributed by atoms with E-state index in [4.69, 9.17) is 4.74 Å². The highest BCUT2D eigenvalue weighted by atomic mass is 32.2. The van der Waals surface area contributed by atoms with Gasteiger partial charge in [-0.05, 0) is 37.4 Å². The number of rotatable bonds is 7. The van der Waals surface area contributed by atoms with Crippen molar-refractivity contribution in [1.82, 2.24) is 9.47 Å². The van der Waals surface area contributed by atoms with Crippen molar-refractivity contribution in [3.8, 4) is 17.0 Å². The standard InChI is InChI=1S/C23H27FN2O2S/c1-4-25(5-2)23(27)22-20-17-14-15(28-3)10-11-18(17)26(13-12-24)21(20)16-8-6-7-9-19(16)29-22/h6-11,14,22-23,27H,4-5,12-13H2,1-3H3. The number of likely N-dealkylation sites (N-methyl/N-ethyl adjacent to an activating group) is 1. The van der Waals surface area contributed by atoms with Gasteiger partial charge in [-0.3, -0.25) is 4.90 Å². The summed E-state index contributed by atoms with van der Waals surface area (Å²) in [5, 5.41) is 12.2. The van der Waals surface area contributed by atoms with Crippen LogP contribution < -0.4 is 4.74 Å². The highest BCUT2D eigenvalue weighted by Crippen LogP contribution is 2.54. The molecule has 154 valence electrons. The lowest BCUT2D eigenvalue weighted by molar-refractivity contribution is 0.00934. The molecule has 1 aliphatic heterocycles. The first-order chi connectivity index (χ1) is 14.1. The second kappa shape index (κ2) is 8.38. The van der Waals surface area contributed by atoms with E-state index in [0.29, 0.717) is 0 Å². The molecular weight excluding hydrogens is 387 g/mol. The lowest BCUT2D eigenvalue weighted by atomic mass is 10.00. The summed E-state index contributed by atoms with van der Waals surface area (Å²) in [7, 11) is 1.65. The van der Waals surface area contributed by atoms with Gasteiger partial charge in [0.05, 0.1) is 24.6 Å². The Morgan fingerprint density at radius 1 is 1.21 bits per heavy atom. The Kier molecular flexibility index (Phi) is 5.86. The predicted molar refractivity (Wildman–Crippen MR) is 117 cm³/mol. The summed E-state index contributed by atoms with van der Waals surface area (Å²) in [5.41, 5.74) is 4.15. The molecule has 0 saturated carbocycles. The van der Waals surface area contributed by atoms with Gasteiger partial charge >= 0.3 is 0 Å². The second-order valence-corrected chi connectivity index (χ2v) is 8.34. The number of aryl methyl sites for hydroxylation is 1. The normalized spacial score (nSPS) is 16.7. The van der Waals surface area contributed by atoms with E-state index in [1.165, 1.54) is 0 Å². The molecule has 4 rings (SSSR count). The fourth-order valence-electron chi connectivity index (χ4n) is 4.34. The number of thioether (sulfide) groups is 1. The molecular formula is C23H27FN2O2S. The Bertz CT molecular complexity index is 1020. The van der Waals surface area contributed by atoms with Crippen LogP contribution in [0.2, 0.25) is 0 Å². The number of methoxy groups -OCH3 is 1. The minimum atomic E-state index is -0.641. The molecule has 2 atom stereocenters. The SMILES string of the molecule is CCN(CC)C(O)C1Sc2ccccc2-c2c1c1cc(OC)ccc1n2CCF. The zero-order valence-corrected chi connectivity index (χ0v) is 17.9. The summed E-state index contributed by atoms with van der Waals surface area (Å²) >= 11 is 1.69. The van der Waals surface area contributed by atoms with Gasteiger partial charge in [-0.25, -0.2) is 4.39 Å². The minimum absolute atomic E-state index is 0.171. The summed E-state index contributed by atoms with van der Waals surface area (Å²) in [4.78, 5) is 3.18. The number of benzene rings is 2. The summed E-state index contributed by atoms with van der Waals surface area (Å²) in [5.74, 6) is 0.762. The Hall–Kier alpha value is -2.02. The van der Waals surface area contributed by atoms with E-state index in [0.717, 1.165) is 51.5 Å². The van der Waals surface area contributed by atoms with Crippen molar-refractivity contribution in [3.05, 3.63) is 48.0 Å². The van der Waals surface area contributed by atoms with Gasteiger partial charge in [0.1, 0.15) is 18.7 Å². The maximum absolute atomic E-state index is 13.6. The van der Waals surface area contributed by atoms with Crippen LogP contribution in [-0.2, 0) is 6.54 Å². The number of hydrogen-bond acceptors (Lipinski definition) is 4. The third-order valence-electron chi connectivity index (χ3n) is 5.76. The maximum atomic E-state index is 13.6. The van der Waals surface area contributed by atoms with Crippen LogP contribution in [0.25, 0.3) is 22.2 Å². The average Bonchev–Trinajstić information content (AvgIpc) is 3.08. The third-order valence-corrected chi connectivity index (χ3v) is 7.10. The van der Waals surface area contributed by atoms with E-state index in [1.807, 2.05) is 30.3 Å². The first-order valence-corrected chi connectivity index (χ1v) is 11.0. The smallest absolute Gasteiger partial charge is 0.123 e. The van der Waals surface area contributed by atoms with Crippen LogP contribution in [0.3, 0.4) is 0 Å². The van der Waals surface area contributed by atoms with Gasteiger partial charge in [-0.2, -0.15) is 0 Å². The van der Waals surface area contributed by atoms with Crippen LogP contribution in [0.4, 0.5) is 4.39 Å². The third kappa shape index (κ3) is 3.33. The number of aliphatic hydroxyl groups is 1. The lowest BCUT2D eigenvalue weighted by Gasteiger charge is -2.35. The zero-order chi connectivity index (χ0) is 20.5. The first-order valence-electron chi connectivity index (χ1n) is 10.1. The van der Waals surface area contributed by atoms with Crippen LogP contribution in [0, 0.1) is 0 Å². The number of ether oxygens (including phenoxy) is 1. The van der Waals surface area contributed by atoms with Crippen LogP contribution in [0.15, 0.2) is 47.4 Å². The summed E-state index contributed by atoms with van der Waals surface area (Å²) in [6.45, 7) is 5.48. The maximum Gasteiger partial charge on any atom is 0.123 e. The molecule has 0 amide bonds. The number of hydrogen-bond donors (Lipinski definition) is 1. The van der Waals surface area contributed by atoms with Gasteiger partial charge in [0, 0.05) is 26.9 Å². The summed E-state index contributed by atoms with van der Waals surface area (Å²) in [6.07, 6.45) is -0.641. The number of aliphatic hydroxyl groups excluding tert-OH is 1. The quantitative estimate of drug-likeness (QED) is 0.546. The Labute approximate surface area is 175 Å². The van der Waals surface area contributed by atoms with Crippen molar-refractivity contribution >= 4 is 22.7 Å². The second-order valence-electron chi connectivity index (χ2n) is 7.16. The number of nitrogens with zero attached hydrogens (tertiary/aromatic N) is 2. The largest absolute Gasteiger partial charge is 0.497 e. The van der Waals surface area contributed by atoms with Crippen molar-refractivity contribution in [2.45, 2.75) is 36.8 Å². The zero-order valence-electron chi connectivity index (χ0n) is 17.1. The lowest BCUT2D eigenvalue weighted by Crippen LogP contribution is -2.39. The van der Waals surface area contributed by atoms with Crippen molar-refractivity contribution in [2.24, 2.45) is 0 Å². The molecule has 2 aromatic carbocycles. The van der Waals surface area contributed by atoms with E-state index in [1.54, 1.807) is 18.9 Å². The molecule has 0 saturated heterocycles. The molecule has 1 N–H and O–H groups in total. The molecule has 0 aliphatic carbocycles. The fraction of sp³-hybridized carbons (Fsp3) is 0.391. The summed E-state index contributed by atoms with van der Waals surface area (Å²) in [6, 6.07) is 14.1. The van der Waals surface area contributed by atoms with Crippen LogP contribution in [0.1, 0.15) is 24.7 Å². The molecule has 0 fully saturated rings. The summed E-state index contributed by atoms with van der Waals surface area (Å²) < 4.78 is 21.1. The number of fused-ring (bicyclic) bond motifs is 5. The molecule has 6 heteroatoms. The van der Waals surface area contributed by atoms with Gasteiger partial charge in [-0.1, -0.05) is 32.0 Å². The van der Waals surface area contributed by atoms with Crippen molar-refractivity contribution in [2.75, 3.05) is 26.9 Å². The van der Waals surface area contributed by atoms with Gasteiger partial charge in [0.25, 0.3) is 0 Å². The Balaban J connectivity index is 2.03. The fourth-order valence-corrected chi connectivity index (χ4v) is 5.71. The molecule has 1 aromatic heterocycles. The number of halogens is 1. The van der Waals surface area contributed by atoms with E-state index in [9.17, 15) is 9.50 Å². The van der Waals surface area contributed by atoms with Crippen LogP contribution >= 0.6 is 11.8 Å². The molecule has 2 unspecified atom stereocenters. The molecule has 1 aliphatic rings. The van der Waals surface area contributed by atoms with Crippen LogP contribution in [0.5, 0.6) is 5.75 Å². The van der Waals surface area contributed by atoms with Gasteiger partial charge in [0.2, 0.25) is 0 Å². The molecule has 4 nitrogen and oxygen atoms in total. The van der Waals surface area contributed by atoms with Gasteiger partial charge < -0.3 is 14.4 Å². The van der Waals surface area contributed by atoms with Crippen molar-refractivity contribution in [1.29, 1.82) is 0 Å². The monoisotopic (exact) mass is 414 g/mol. The average molecular weight is 415 g/mol. The molecule has 0 spiro atoms. The molecule has 29 heavy (non-hydrogen) atoms. The predicted octanol–water partition coefficient (Wildman–Crippen LogP) is 5.09. The van der Waals surface area contributed by atoms with Crippen molar-refractivity contribution in [3.63, 3.8) is 0 Å². The van der Waals surface area contributed by atoms with Crippen LogP contribution in [-0.4, -0.2) is 47.7 Å². The Morgan fingerprint density at radius 2 is 1.97 bits per heavy atom. The highest BCUT2D eigenvalue weighted by Gasteiger charge is 2.37. The van der Waals surface area contributed by atoms with E-state index in [-0.39, 0.29) is 11.8 Å². The highest BCUT2D eigenvalue weighted by molar-refractivity contribution is 7.99. The molecule has 3 aromatic rings. The topological polar surface area (TPSA) is 37.6 Å². The Morgan fingerprint density at radius 3 is 2.66 bits per heavy atom. The molecule has 0 radical (unpaired) electrons. The van der Waals surface area contributed by atoms with Crippen molar-refractivity contribution < 1.29 is 14.2 Å². The molecule has 0 bridgehead atoms. The molecule has 2 heterocycles. The number of alkyl halides is 1. The number of aromatic nitrogens is 1. The van der Waals surface area contributed by atoms with Gasteiger partial charge in [0.15, 0.2) is 0 Å². The van der Waals surface area contributed by atoms with E-state index >= 15 is 0 Å². The van der Waals surface area contributed by atoms with Gasteiger partial charge in [-0.15, -0.1) is 11.8 Å². The van der Waals surface area contributed by atoms with E-state index < -0.39 is 12.9 Å². The first kappa shape index (κ1) is 20.3. The minimum Gasteiger partial charge on any atom is -0.497 e.